The maximum absolute atomic E-state index is 13.5. The van der Waals surface area contributed by atoms with Crippen LogP contribution in [0.1, 0.15) is 29.6 Å². The standard InChI is InChI=1S/C23H27ClN4O3S2.ClH/c1-26(2)15-16-28(23-25-21-19(24)7-6-8-20(21)32-23)22(29)17-9-11-18(12-10-17)33(30,31)27-13-4-3-5-14-27;/h6-12H,3-5,13-16H2,1-2H3;1H. The first-order valence-corrected chi connectivity index (χ1v) is 13.5. The van der Waals surface area contributed by atoms with Crippen molar-refractivity contribution in [1.29, 1.82) is 0 Å². The molecule has 7 nitrogen and oxygen atoms in total. The Morgan fingerprint density at radius 1 is 1.06 bits per heavy atom. The number of rotatable bonds is 7. The van der Waals surface area contributed by atoms with Crippen molar-refractivity contribution >= 4 is 66.6 Å². The van der Waals surface area contributed by atoms with Crippen molar-refractivity contribution in [2.24, 2.45) is 0 Å². The Labute approximate surface area is 215 Å². The number of para-hydroxylation sites is 1. The normalized spacial score (nSPS) is 14.8. The number of piperidine rings is 1. The van der Waals surface area contributed by atoms with E-state index >= 15 is 0 Å². The minimum Gasteiger partial charge on any atom is -0.308 e. The molecule has 0 atom stereocenters. The zero-order valence-electron chi connectivity index (χ0n) is 19.1. The molecule has 0 aliphatic carbocycles. The van der Waals surface area contributed by atoms with Crippen LogP contribution in [0.5, 0.6) is 0 Å². The molecule has 1 aromatic heterocycles. The highest BCUT2D eigenvalue weighted by Crippen LogP contribution is 2.33. The number of carbonyl (C=O) groups is 1. The van der Waals surface area contributed by atoms with Crippen LogP contribution in [-0.2, 0) is 10.0 Å². The molecule has 3 aromatic rings. The molecule has 0 radical (unpaired) electrons. The van der Waals surface area contributed by atoms with Gasteiger partial charge in [-0.3, -0.25) is 9.69 Å². The van der Waals surface area contributed by atoms with Crippen LogP contribution in [0.25, 0.3) is 10.2 Å². The van der Waals surface area contributed by atoms with E-state index in [9.17, 15) is 13.2 Å². The zero-order valence-corrected chi connectivity index (χ0v) is 22.3. The summed E-state index contributed by atoms with van der Waals surface area (Å²) in [7, 11) is 0.342. The van der Waals surface area contributed by atoms with Gasteiger partial charge in [-0.25, -0.2) is 13.4 Å². The lowest BCUT2D eigenvalue weighted by molar-refractivity contribution is 0.0985. The Morgan fingerprint density at radius 2 is 1.74 bits per heavy atom. The fraction of sp³-hybridized carbons (Fsp3) is 0.391. The van der Waals surface area contributed by atoms with Crippen LogP contribution in [0.2, 0.25) is 5.02 Å². The molecule has 4 rings (SSSR count). The maximum Gasteiger partial charge on any atom is 0.260 e. The summed E-state index contributed by atoms with van der Waals surface area (Å²) in [6.45, 7) is 2.18. The summed E-state index contributed by atoms with van der Waals surface area (Å²) >= 11 is 7.70. The summed E-state index contributed by atoms with van der Waals surface area (Å²) in [5.41, 5.74) is 1.08. The third kappa shape index (κ3) is 5.72. The number of anilines is 1. The van der Waals surface area contributed by atoms with Crippen LogP contribution < -0.4 is 4.90 Å². The molecule has 11 heteroatoms. The monoisotopic (exact) mass is 542 g/mol. The molecule has 2 heterocycles. The minimum atomic E-state index is -3.54. The number of thiazole rings is 1. The molecule has 1 fully saturated rings. The Kier molecular flexibility index (Phi) is 8.94. The van der Waals surface area contributed by atoms with Gasteiger partial charge in [0, 0.05) is 31.7 Å². The number of fused-ring (bicyclic) bond motifs is 1. The van der Waals surface area contributed by atoms with E-state index < -0.39 is 10.0 Å². The van der Waals surface area contributed by atoms with Crippen LogP contribution in [0, 0.1) is 0 Å². The van der Waals surface area contributed by atoms with Gasteiger partial charge >= 0.3 is 0 Å². The van der Waals surface area contributed by atoms with Gasteiger partial charge in [-0.2, -0.15) is 4.31 Å². The van der Waals surface area contributed by atoms with Gasteiger partial charge < -0.3 is 4.90 Å². The summed E-state index contributed by atoms with van der Waals surface area (Å²) in [6, 6.07) is 11.8. The van der Waals surface area contributed by atoms with Crippen LogP contribution in [0.15, 0.2) is 47.4 Å². The molecule has 0 bridgehead atoms. The highest BCUT2D eigenvalue weighted by atomic mass is 35.5. The van der Waals surface area contributed by atoms with E-state index in [1.165, 1.54) is 27.8 Å². The lowest BCUT2D eigenvalue weighted by Crippen LogP contribution is -2.37. The lowest BCUT2D eigenvalue weighted by Gasteiger charge is -2.26. The molecule has 1 aliphatic rings. The minimum absolute atomic E-state index is 0. The average molecular weight is 544 g/mol. The number of hydrogen-bond donors (Lipinski definition) is 0. The second-order valence-corrected chi connectivity index (χ2v) is 11.7. The predicted octanol–water partition coefficient (Wildman–Crippen LogP) is 4.75. The Balaban J connectivity index is 0.00000324. The molecular formula is C23H28Cl2N4O3S2. The summed E-state index contributed by atoms with van der Waals surface area (Å²) in [6.07, 6.45) is 2.81. The van der Waals surface area contributed by atoms with Gasteiger partial charge in [-0.1, -0.05) is 35.4 Å². The van der Waals surface area contributed by atoms with E-state index in [2.05, 4.69) is 4.98 Å². The summed E-state index contributed by atoms with van der Waals surface area (Å²) in [4.78, 5) is 21.9. The topological polar surface area (TPSA) is 73.8 Å². The maximum atomic E-state index is 13.5. The van der Waals surface area contributed by atoms with Gasteiger partial charge in [0.25, 0.3) is 5.91 Å². The van der Waals surface area contributed by atoms with Gasteiger partial charge in [0.2, 0.25) is 10.0 Å². The molecule has 0 saturated carbocycles. The van der Waals surface area contributed by atoms with Crippen molar-refractivity contribution < 1.29 is 13.2 Å². The second kappa shape index (κ2) is 11.3. The van der Waals surface area contributed by atoms with E-state index in [-0.39, 0.29) is 23.2 Å². The molecule has 184 valence electrons. The molecule has 1 aliphatic heterocycles. The first-order chi connectivity index (χ1) is 15.8. The number of hydrogen-bond acceptors (Lipinski definition) is 6. The fourth-order valence-electron chi connectivity index (χ4n) is 3.78. The smallest absolute Gasteiger partial charge is 0.260 e. The van der Waals surface area contributed by atoms with Crippen LogP contribution in [-0.4, -0.2) is 68.8 Å². The third-order valence-electron chi connectivity index (χ3n) is 5.66. The van der Waals surface area contributed by atoms with Crippen LogP contribution >= 0.6 is 35.3 Å². The first kappa shape index (κ1) is 26.8. The Bertz CT molecular complexity index is 1240. The number of sulfonamides is 1. The number of halogens is 2. The number of aromatic nitrogens is 1. The SMILES string of the molecule is CN(C)CCN(C(=O)c1ccc(S(=O)(=O)N2CCCCC2)cc1)c1nc2c(Cl)cccc2s1.Cl. The lowest BCUT2D eigenvalue weighted by atomic mass is 10.2. The predicted molar refractivity (Wildman–Crippen MR) is 141 cm³/mol. The fourth-order valence-corrected chi connectivity index (χ4v) is 6.59. The van der Waals surface area contributed by atoms with E-state index in [0.29, 0.717) is 47.4 Å². The Morgan fingerprint density at radius 3 is 2.35 bits per heavy atom. The number of nitrogens with zero attached hydrogens (tertiary/aromatic N) is 4. The molecule has 1 amide bonds. The van der Waals surface area contributed by atoms with Crippen molar-refractivity contribution in [3.8, 4) is 0 Å². The number of likely N-dealkylation sites (N-methyl/N-ethyl adjacent to an activating group) is 1. The van der Waals surface area contributed by atoms with E-state index in [4.69, 9.17) is 11.6 Å². The zero-order chi connectivity index (χ0) is 23.6. The molecule has 1 saturated heterocycles. The summed E-state index contributed by atoms with van der Waals surface area (Å²) in [5.74, 6) is -0.228. The molecule has 0 N–H and O–H groups in total. The van der Waals surface area contributed by atoms with Crippen LogP contribution in [0.3, 0.4) is 0 Å². The van der Waals surface area contributed by atoms with Crippen molar-refractivity contribution in [2.45, 2.75) is 24.2 Å². The van der Waals surface area contributed by atoms with Crippen molar-refractivity contribution in [3.05, 3.63) is 53.1 Å². The number of benzene rings is 2. The van der Waals surface area contributed by atoms with Crippen molar-refractivity contribution in [2.75, 3.05) is 45.2 Å². The summed E-state index contributed by atoms with van der Waals surface area (Å²) < 4.78 is 28.3. The van der Waals surface area contributed by atoms with Crippen molar-refractivity contribution in [1.82, 2.24) is 14.2 Å². The van der Waals surface area contributed by atoms with E-state index in [1.807, 2.05) is 31.1 Å². The quantitative estimate of drug-likeness (QED) is 0.430. The molecule has 0 spiro atoms. The first-order valence-electron chi connectivity index (χ1n) is 10.9. The van der Waals surface area contributed by atoms with Gasteiger partial charge in [0.15, 0.2) is 5.13 Å². The Hall–Kier alpha value is -1.75. The van der Waals surface area contributed by atoms with Gasteiger partial charge in [0.1, 0.15) is 5.52 Å². The number of carbonyl (C=O) groups excluding carboxylic acids is 1. The van der Waals surface area contributed by atoms with Crippen molar-refractivity contribution in [3.63, 3.8) is 0 Å². The highest BCUT2D eigenvalue weighted by molar-refractivity contribution is 7.89. The largest absolute Gasteiger partial charge is 0.308 e. The molecule has 0 unspecified atom stereocenters. The summed E-state index contributed by atoms with van der Waals surface area (Å²) in [5, 5.41) is 1.11. The van der Waals surface area contributed by atoms with Gasteiger partial charge in [-0.15, -0.1) is 12.4 Å². The van der Waals surface area contributed by atoms with E-state index in [1.54, 1.807) is 23.1 Å². The second-order valence-electron chi connectivity index (χ2n) is 8.33. The van der Waals surface area contributed by atoms with E-state index in [0.717, 1.165) is 24.0 Å². The highest BCUT2D eigenvalue weighted by Gasteiger charge is 2.27. The van der Waals surface area contributed by atoms with Crippen LogP contribution in [0.4, 0.5) is 5.13 Å². The average Bonchev–Trinajstić information content (AvgIpc) is 3.25. The molecular weight excluding hydrogens is 515 g/mol. The third-order valence-corrected chi connectivity index (χ3v) is 8.92. The van der Waals surface area contributed by atoms with Gasteiger partial charge in [0.05, 0.1) is 14.6 Å². The molecule has 34 heavy (non-hydrogen) atoms. The number of amides is 1. The van der Waals surface area contributed by atoms with Gasteiger partial charge in [-0.05, 0) is 63.3 Å². The molecule has 2 aromatic carbocycles.